The van der Waals surface area contributed by atoms with Crippen molar-refractivity contribution in [3.8, 4) is 0 Å². The van der Waals surface area contributed by atoms with Crippen molar-refractivity contribution in [2.45, 2.75) is 45.7 Å². The number of carbonyl (C=O) groups excluding carboxylic acids is 1. The third-order valence-corrected chi connectivity index (χ3v) is 3.98. The molecule has 1 amide bonds. The van der Waals surface area contributed by atoms with Crippen LogP contribution >= 0.6 is 0 Å². The minimum absolute atomic E-state index is 0.0188. The largest absolute Gasteiger partial charge is 0.340 e. The minimum atomic E-state index is 0.0188. The van der Waals surface area contributed by atoms with Gasteiger partial charge in [-0.25, -0.2) is 0 Å². The lowest BCUT2D eigenvalue weighted by Gasteiger charge is -2.27. The van der Waals surface area contributed by atoms with E-state index in [0.717, 1.165) is 19.4 Å². The quantitative estimate of drug-likeness (QED) is 0.905. The van der Waals surface area contributed by atoms with Crippen LogP contribution in [0.5, 0.6) is 0 Å². The summed E-state index contributed by atoms with van der Waals surface area (Å²) in [6, 6.07) is 6.43. The van der Waals surface area contributed by atoms with E-state index >= 15 is 0 Å². The van der Waals surface area contributed by atoms with Crippen molar-refractivity contribution in [1.29, 1.82) is 0 Å². The van der Waals surface area contributed by atoms with E-state index in [1.54, 1.807) is 0 Å². The third kappa shape index (κ3) is 3.57. The zero-order valence-electron chi connectivity index (χ0n) is 12.2. The van der Waals surface area contributed by atoms with Crippen LogP contribution in [0.3, 0.4) is 0 Å². The maximum atomic E-state index is 12.3. The Hall–Kier alpha value is -1.35. The molecular weight excluding hydrogens is 236 g/mol. The fourth-order valence-corrected chi connectivity index (χ4v) is 2.58. The molecule has 19 heavy (non-hydrogen) atoms. The van der Waals surface area contributed by atoms with E-state index in [-0.39, 0.29) is 11.9 Å². The van der Waals surface area contributed by atoms with Crippen LogP contribution in [0.2, 0.25) is 0 Å². The summed E-state index contributed by atoms with van der Waals surface area (Å²) in [4.78, 5) is 14.2. The second-order valence-corrected chi connectivity index (χ2v) is 5.62. The van der Waals surface area contributed by atoms with Gasteiger partial charge in [0.2, 0.25) is 5.91 Å². The van der Waals surface area contributed by atoms with Gasteiger partial charge in [0.15, 0.2) is 0 Å². The first kappa shape index (κ1) is 14.1. The lowest BCUT2D eigenvalue weighted by Crippen LogP contribution is -2.46. The summed E-state index contributed by atoms with van der Waals surface area (Å²) in [6.07, 6.45) is 3.31. The Morgan fingerprint density at radius 2 is 2.11 bits per heavy atom. The highest BCUT2D eigenvalue weighted by molar-refractivity contribution is 5.81. The molecular formula is C16H24N2O. The van der Waals surface area contributed by atoms with Crippen molar-refractivity contribution in [2.24, 2.45) is 0 Å². The molecule has 0 aromatic heterocycles. The third-order valence-electron chi connectivity index (χ3n) is 3.98. The molecule has 1 N–H and O–H groups in total. The number of likely N-dealkylation sites (N-methyl/N-ethyl adjacent to an activating group) is 1. The number of piperidine rings is 1. The zero-order chi connectivity index (χ0) is 13.8. The number of amides is 1. The number of hydrogen-bond acceptors (Lipinski definition) is 2. The van der Waals surface area contributed by atoms with Gasteiger partial charge < -0.3 is 10.2 Å². The van der Waals surface area contributed by atoms with Crippen molar-refractivity contribution >= 4 is 5.91 Å². The molecule has 0 radical (unpaired) electrons. The van der Waals surface area contributed by atoms with Crippen molar-refractivity contribution in [3.05, 3.63) is 34.9 Å². The zero-order valence-corrected chi connectivity index (χ0v) is 12.2. The SMILES string of the molecule is Cc1ccc(CN(C)C(=O)C2CCCCN2)cc1C. The summed E-state index contributed by atoms with van der Waals surface area (Å²) >= 11 is 0. The summed E-state index contributed by atoms with van der Waals surface area (Å²) < 4.78 is 0. The van der Waals surface area contributed by atoms with Crippen molar-refractivity contribution in [1.82, 2.24) is 10.2 Å². The van der Waals surface area contributed by atoms with E-state index in [4.69, 9.17) is 0 Å². The number of nitrogens with one attached hydrogen (secondary N) is 1. The summed E-state index contributed by atoms with van der Waals surface area (Å²) in [5, 5.41) is 3.31. The Kier molecular flexibility index (Phi) is 4.59. The lowest BCUT2D eigenvalue weighted by molar-refractivity contribution is -0.133. The second-order valence-electron chi connectivity index (χ2n) is 5.62. The molecule has 104 valence electrons. The first-order chi connectivity index (χ1) is 9.08. The van der Waals surface area contributed by atoms with E-state index in [0.29, 0.717) is 6.54 Å². The molecule has 1 unspecified atom stereocenters. The summed E-state index contributed by atoms with van der Waals surface area (Å²) in [5.74, 6) is 0.220. The highest BCUT2D eigenvalue weighted by Gasteiger charge is 2.23. The number of carbonyl (C=O) groups is 1. The minimum Gasteiger partial charge on any atom is -0.340 e. The van der Waals surface area contributed by atoms with Crippen molar-refractivity contribution < 1.29 is 4.79 Å². The van der Waals surface area contributed by atoms with Gasteiger partial charge in [-0.1, -0.05) is 24.6 Å². The predicted octanol–water partition coefficient (Wildman–Crippen LogP) is 2.40. The molecule has 1 aliphatic rings. The van der Waals surface area contributed by atoms with Gasteiger partial charge in [0.1, 0.15) is 0 Å². The molecule has 3 heteroatoms. The van der Waals surface area contributed by atoms with Gasteiger partial charge in [-0.05, 0) is 49.9 Å². The Balaban J connectivity index is 1.97. The van der Waals surface area contributed by atoms with Crippen LogP contribution < -0.4 is 5.32 Å². The summed E-state index contributed by atoms with van der Waals surface area (Å²) in [6.45, 7) is 5.88. The fourth-order valence-electron chi connectivity index (χ4n) is 2.58. The van der Waals surface area contributed by atoms with Gasteiger partial charge in [-0.2, -0.15) is 0 Å². The molecule has 1 fully saturated rings. The van der Waals surface area contributed by atoms with Crippen LogP contribution in [0.15, 0.2) is 18.2 Å². The Morgan fingerprint density at radius 1 is 1.32 bits per heavy atom. The summed E-state index contributed by atoms with van der Waals surface area (Å²) in [5.41, 5.74) is 3.79. The number of benzene rings is 1. The molecule has 0 spiro atoms. The van der Waals surface area contributed by atoms with Crippen LogP contribution in [0.1, 0.15) is 36.0 Å². The first-order valence-electron chi connectivity index (χ1n) is 7.12. The van der Waals surface area contributed by atoms with E-state index < -0.39 is 0 Å². The van der Waals surface area contributed by atoms with Gasteiger partial charge in [-0.3, -0.25) is 4.79 Å². The van der Waals surface area contributed by atoms with Gasteiger partial charge in [0.05, 0.1) is 6.04 Å². The van der Waals surface area contributed by atoms with E-state index in [1.165, 1.54) is 23.1 Å². The molecule has 1 heterocycles. The summed E-state index contributed by atoms with van der Waals surface area (Å²) in [7, 11) is 1.90. The topological polar surface area (TPSA) is 32.3 Å². The molecule has 1 saturated heterocycles. The van der Waals surface area contributed by atoms with Crippen LogP contribution in [-0.2, 0) is 11.3 Å². The van der Waals surface area contributed by atoms with E-state index in [2.05, 4.69) is 37.4 Å². The van der Waals surface area contributed by atoms with Gasteiger partial charge >= 0.3 is 0 Å². The van der Waals surface area contributed by atoms with Crippen molar-refractivity contribution in [2.75, 3.05) is 13.6 Å². The molecule has 0 bridgehead atoms. The number of aryl methyl sites for hydroxylation is 2. The number of hydrogen-bond donors (Lipinski definition) is 1. The van der Waals surface area contributed by atoms with Gasteiger partial charge in [0, 0.05) is 13.6 Å². The second kappa shape index (κ2) is 6.20. The highest BCUT2D eigenvalue weighted by Crippen LogP contribution is 2.14. The standard InChI is InChI=1S/C16H24N2O/c1-12-7-8-14(10-13(12)2)11-18(3)16(19)15-6-4-5-9-17-15/h7-8,10,15,17H,4-6,9,11H2,1-3H3. The average molecular weight is 260 g/mol. The highest BCUT2D eigenvalue weighted by atomic mass is 16.2. The van der Waals surface area contributed by atoms with Crippen molar-refractivity contribution in [3.63, 3.8) is 0 Å². The normalized spacial score (nSPS) is 19.2. The lowest BCUT2D eigenvalue weighted by atomic mass is 10.0. The smallest absolute Gasteiger partial charge is 0.239 e. The molecule has 0 saturated carbocycles. The van der Waals surface area contributed by atoms with E-state index in [1.807, 2.05) is 11.9 Å². The maximum Gasteiger partial charge on any atom is 0.239 e. The molecule has 1 atom stereocenters. The van der Waals surface area contributed by atoms with Gasteiger partial charge in [0.25, 0.3) is 0 Å². The number of rotatable bonds is 3. The molecule has 3 nitrogen and oxygen atoms in total. The monoisotopic (exact) mass is 260 g/mol. The number of nitrogens with zero attached hydrogens (tertiary/aromatic N) is 1. The first-order valence-corrected chi connectivity index (χ1v) is 7.12. The Morgan fingerprint density at radius 3 is 2.74 bits per heavy atom. The fraction of sp³-hybridized carbons (Fsp3) is 0.562. The molecule has 1 aromatic carbocycles. The molecule has 2 rings (SSSR count). The van der Waals surface area contributed by atoms with E-state index in [9.17, 15) is 4.79 Å². The Labute approximate surface area is 116 Å². The van der Waals surface area contributed by atoms with Crippen LogP contribution in [0, 0.1) is 13.8 Å². The van der Waals surface area contributed by atoms with Crippen LogP contribution in [-0.4, -0.2) is 30.4 Å². The predicted molar refractivity (Wildman–Crippen MR) is 78.0 cm³/mol. The molecule has 1 aliphatic heterocycles. The van der Waals surface area contributed by atoms with Gasteiger partial charge in [-0.15, -0.1) is 0 Å². The Bertz CT molecular complexity index is 450. The van der Waals surface area contributed by atoms with Crippen LogP contribution in [0.4, 0.5) is 0 Å². The van der Waals surface area contributed by atoms with Crippen LogP contribution in [0.25, 0.3) is 0 Å². The maximum absolute atomic E-state index is 12.3. The molecule has 0 aliphatic carbocycles. The molecule has 1 aromatic rings. The average Bonchev–Trinajstić information content (AvgIpc) is 2.43.